The maximum Gasteiger partial charge on any atom is 0.241 e. The summed E-state index contributed by atoms with van der Waals surface area (Å²) in [7, 11) is -3.47. The molecule has 1 aromatic carbocycles. The molecule has 0 fully saturated rings. The first-order valence-corrected chi connectivity index (χ1v) is 7.28. The van der Waals surface area contributed by atoms with Crippen LogP contribution in [0.25, 0.3) is 0 Å². The van der Waals surface area contributed by atoms with E-state index in [9.17, 15) is 8.42 Å². The van der Waals surface area contributed by atoms with Gasteiger partial charge in [-0.1, -0.05) is 19.9 Å². The summed E-state index contributed by atoms with van der Waals surface area (Å²) in [4.78, 5) is 0.268. The molecular formula is C12H20N2O2S. The van der Waals surface area contributed by atoms with E-state index < -0.39 is 10.0 Å². The van der Waals surface area contributed by atoms with Crippen LogP contribution in [-0.2, 0) is 10.0 Å². The van der Waals surface area contributed by atoms with Gasteiger partial charge in [0.2, 0.25) is 10.0 Å². The third-order valence-corrected chi connectivity index (χ3v) is 4.59. The Morgan fingerprint density at radius 2 is 1.88 bits per heavy atom. The molecule has 0 aliphatic rings. The first-order chi connectivity index (χ1) is 7.92. The highest BCUT2D eigenvalue weighted by Gasteiger charge is 2.20. The fourth-order valence-corrected chi connectivity index (χ4v) is 3.34. The molecule has 0 bridgehead atoms. The Labute approximate surface area is 103 Å². The molecular weight excluding hydrogens is 236 g/mol. The smallest absolute Gasteiger partial charge is 0.241 e. The van der Waals surface area contributed by atoms with Crippen molar-refractivity contribution >= 4 is 15.7 Å². The zero-order valence-corrected chi connectivity index (χ0v) is 11.3. The maximum absolute atomic E-state index is 12.2. The van der Waals surface area contributed by atoms with Gasteiger partial charge in [-0.15, -0.1) is 0 Å². The molecule has 0 heterocycles. The lowest BCUT2D eigenvalue weighted by Crippen LogP contribution is -2.34. The lowest BCUT2D eigenvalue weighted by Gasteiger charge is -2.16. The minimum atomic E-state index is -3.47. The average molecular weight is 256 g/mol. The number of hydrogen-bond acceptors (Lipinski definition) is 3. The van der Waals surface area contributed by atoms with Crippen LogP contribution in [-0.4, -0.2) is 14.5 Å². The van der Waals surface area contributed by atoms with Gasteiger partial charge >= 0.3 is 0 Å². The standard InChI is InChI=1S/C12H20N2O2S/c1-4-10(5-2)14-17(15,16)12-8-6-7-11(13)9(12)3/h6-8,10,14H,4-5,13H2,1-3H3. The quantitative estimate of drug-likeness (QED) is 0.792. The van der Waals surface area contributed by atoms with Crippen LogP contribution in [0.5, 0.6) is 0 Å². The molecule has 0 unspecified atom stereocenters. The van der Waals surface area contributed by atoms with Crippen LogP contribution in [0, 0.1) is 6.92 Å². The molecule has 4 nitrogen and oxygen atoms in total. The van der Waals surface area contributed by atoms with Crippen LogP contribution in [0.3, 0.4) is 0 Å². The van der Waals surface area contributed by atoms with Gasteiger partial charge in [0, 0.05) is 11.7 Å². The van der Waals surface area contributed by atoms with Crippen LogP contribution in [0.4, 0.5) is 5.69 Å². The number of rotatable bonds is 5. The van der Waals surface area contributed by atoms with E-state index in [0.29, 0.717) is 11.3 Å². The molecule has 0 saturated carbocycles. The lowest BCUT2D eigenvalue weighted by molar-refractivity contribution is 0.530. The first-order valence-electron chi connectivity index (χ1n) is 5.79. The first kappa shape index (κ1) is 14.0. The third-order valence-electron chi connectivity index (χ3n) is 2.92. The second-order valence-electron chi connectivity index (χ2n) is 4.11. The van der Waals surface area contributed by atoms with Crippen LogP contribution in [0.2, 0.25) is 0 Å². The largest absolute Gasteiger partial charge is 0.398 e. The molecule has 17 heavy (non-hydrogen) atoms. The molecule has 3 N–H and O–H groups in total. The number of sulfonamides is 1. The number of nitrogens with one attached hydrogen (secondary N) is 1. The second kappa shape index (κ2) is 5.51. The highest BCUT2D eigenvalue weighted by atomic mass is 32.2. The van der Waals surface area contributed by atoms with Crippen molar-refractivity contribution in [2.24, 2.45) is 0 Å². The zero-order valence-electron chi connectivity index (χ0n) is 10.5. The summed E-state index contributed by atoms with van der Waals surface area (Å²) in [5, 5.41) is 0. The van der Waals surface area contributed by atoms with Gasteiger partial charge < -0.3 is 5.73 Å². The molecule has 0 aliphatic heterocycles. The van der Waals surface area contributed by atoms with Crippen molar-refractivity contribution in [1.82, 2.24) is 4.72 Å². The van der Waals surface area contributed by atoms with Crippen molar-refractivity contribution in [3.05, 3.63) is 23.8 Å². The minimum Gasteiger partial charge on any atom is -0.398 e. The summed E-state index contributed by atoms with van der Waals surface area (Å²) in [5.74, 6) is 0. The molecule has 1 rings (SSSR count). The van der Waals surface area contributed by atoms with Gasteiger partial charge in [-0.05, 0) is 37.5 Å². The van der Waals surface area contributed by atoms with Gasteiger partial charge in [-0.3, -0.25) is 0 Å². The van der Waals surface area contributed by atoms with Crippen LogP contribution in [0.15, 0.2) is 23.1 Å². The Kier molecular flexibility index (Phi) is 4.54. The summed E-state index contributed by atoms with van der Waals surface area (Å²) in [6.45, 7) is 5.64. The van der Waals surface area contributed by atoms with E-state index in [0.717, 1.165) is 12.8 Å². The van der Waals surface area contributed by atoms with Crippen molar-refractivity contribution in [1.29, 1.82) is 0 Å². The molecule has 0 radical (unpaired) electrons. The molecule has 0 aliphatic carbocycles. The maximum atomic E-state index is 12.2. The van der Waals surface area contributed by atoms with Crippen molar-refractivity contribution in [2.45, 2.75) is 44.6 Å². The zero-order chi connectivity index (χ0) is 13.1. The number of anilines is 1. The fraction of sp³-hybridized carbons (Fsp3) is 0.500. The second-order valence-corrected chi connectivity index (χ2v) is 5.79. The SMILES string of the molecule is CCC(CC)NS(=O)(=O)c1cccc(N)c1C. The van der Waals surface area contributed by atoms with E-state index >= 15 is 0 Å². The molecule has 0 saturated heterocycles. The summed E-state index contributed by atoms with van der Waals surface area (Å²) in [6.07, 6.45) is 1.55. The van der Waals surface area contributed by atoms with E-state index in [2.05, 4.69) is 4.72 Å². The Hall–Kier alpha value is -1.07. The van der Waals surface area contributed by atoms with E-state index in [4.69, 9.17) is 5.73 Å². The lowest BCUT2D eigenvalue weighted by atomic mass is 10.2. The van der Waals surface area contributed by atoms with Gasteiger partial charge in [0.15, 0.2) is 0 Å². The summed E-state index contributed by atoms with van der Waals surface area (Å²) in [6, 6.07) is 4.91. The molecule has 96 valence electrons. The van der Waals surface area contributed by atoms with Crippen molar-refractivity contribution < 1.29 is 8.42 Å². The fourth-order valence-electron chi connectivity index (χ4n) is 1.66. The molecule has 5 heteroatoms. The Morgan fingerprint density at radius 3 is 2.41 bits per heavy atom. The number of benzene rings is 1. The number of nitrogen functional groups attached to an aromatic ring is 1. The van der Waals surface area contributed by atoms with Gasteiger partial charge in [-0.25, -0.2) is 13.1 Å². The Morgan fingerprint density at radius 1 is 1.29 bits per heavy atom. The molecule has 0 aromatic heterocycles. The predicted octanol–water partition coefficient (Wildman–Crippen LogP) is 2.04. The molecule has 0 amide bonds. The summed E-state index contributed by atoms with van der Waals surface area (Å²) >= 11 is 0. The van der Waals surface area contributed by atoms with Gasteiger partial charge in [0.25, 0.3) is 0 Å². The van der Waals surface area contributed by atoms with E-state index in [1.54, 1.807) is 25.1 Å². The molecule has 0 atom stereocenters. The van der Waals surface area contributed by atoms with E-state index in [-0.39, 0.29) is 10.9 Å². The van der Waals surface area contributed by atoms with Gasteiger partial charge in [-0.2, -0.15) is 0 Å². The van der Waals surface area contributed by atoms with Crippen LogP contribution < -0.4 is 10.5 Å². The highest BCUT2D eigenvalue weighted by molar-refractivity contribution is 7.89. The number of nitrogens with two attached hydrogens (primary N) is 1. The van der Waals surface area contributed by atoms with Crippen LogP contribution in [0.1, 0.15) is 32.3 Å². The normalized spacial score (nSPS) is 12.0. The van der Waals surface area contributed by atoms with E-state index in [1.807, 2.05) is 13.8 Å². The van der Waals surface area contributed by atoms with E-state index in [1.165, 1.54) is 0 Å². The summed E-state index contributed by atoms with van der Waals surface area (Å²) < 4.78 is 27.0. The third kappa shape index (κ3) is 3.20. The monoisotopic (exact) mass is 256 g/mol. The van der Waals surface area contributed by atoms with Gasteiger partial charge in [0.1, 0.15) is 0 Å². The Bertz CT molecular complexity index is 479. The molecule has 0 spiro atoms. The predicted molar refractivity (Wildman–Crippen MR) is 70.3 cm³/mol. The topological polar surface area (TPSA) is 72.2 Å². The molecule has 1 aromatic rings. The van der Waals surface area contributed by atoms with Crippen LogP contribution >= 0.6 is 0 Å². The minimum absolute atomic E-state index is 0.0270. The average Bonchev–Trinajstić information content (AvgIpc) is 2.29. The Balaban J connectivity index is 3.09. The van der Waals surface area contributed by atoms with Crippen molar-refractivity contribution in [2.75, 3.05) is 5.73 Å². The summed E-state index contributed by atoms with van der Waals surface area (Å²) in [5.41, 5.74) is 6.82. The van der Waals surface area contributed by atoms with Gasteiger partial charge in [0.05, 0.1) is 4.90 Å². The van der Waals surface area contributed by atoms with Crippen molar-refractivity contribution in [3.63, 3.8) is 0 Å². The number of hydrogen-bond donors (Lipinski definition) is 2. The highest BCUT2D eigenvalue weighted by Crippen LogP contribution is 2.20. The van der Waals surface area contributed by atoms with Crippen molar-refractivity contribution in [3.8, 4) is 0 Å².